The highest BCUT2D eigenvalue weighted by atomic mass is 16.5. The summed E-state index contributed by atoms with van der Waals surface area (Å²) in [7, 11) is 1.63. The number of ether oxygens (including phenoxy) is 1. The van der Waals surface area contributed by atoms with E-state index in [1.54, 1.807) is 31.4 Å². The van der Waals surface area contributed by atoms with E-state index in [1.165, 1.54) is 0 Å². The van der Waals surface area contributed by atoms with Crippen molar-refractivity contribution in [2.45, 2.75) is 38.1 Å². The lowest BCUT2D eigenvalue weighted by Crippen LogP contribution is -2.48. The fourth-order valence-electron chi connectivity index (χ4n) is 5.18. The van der Waals surface area contributed by atoms with E-state index in [0.29, 0.717) is 24.2 Å². The van der Waals surface area contributed by atoms with Crippen LogP contribution < -0.4 is 15.4 Å². The predicted octanol–water partition coefficient (Wildman–Crippen LogP) is 3.55. The van der Waals surface area contributed by atoms with Crippen LogP contribution in [0.5, 0.6) is 5.75 Å². The van der Waals surface area contributed by atoms with E-state index in [2.05, 4.69) is 15.8 Å². The van der Waals surface area contributed by atoms with Crippen LogP contribution in [0.4, 0.5) is 4.79 Å². The zero-order valence-electron chi connectivity index (χ0n) is 20.0. The largest absolute Gasteiger partial charge is 0.497 e. The summed E-state index contributed by atoms with van der Waals surface area (Å²) >= 11 is 0. The quantitative estimate of drug-likeness (QED) is 0.545. The monoisotopic (exact) mass is 476 g/mol. The van der Waals surface area contributed by atoms with Gasteiger partial charge in [-0.15, -0.1) is 0 Å². The number of imide groups is 1. The summed E-state index contributed by atoms with van der Waals surface area (Å²) in [4.78, 5) is 39.4. The molecule has 1 atom stereocenters. The molecule has 182 valence electrons. The van der Waals surface area contributed by atoms with Gasteiger partial charge in [-0.2, -0.15) is 0 Å². The summed E-state index contributed by atoms with van der Waals surface area (Å²) in [6, 6.07) is 12.1. The number of nitrogens with one attached hydrogen (secondary N) is 2. The SMILES string of the molecule is COc1ccc2onc(C3CCN(C(=O)c4ccc(C5(C(C)C)NC(=O)NC5=O)cc4)CC3)c2c1. The normalized spacial score (nSPS) is 20.9. The van der Waals surface area contributed by atoms with Gasteiger partial charge in [0.25, 0.3) is 11.8 Å². The molecular weight excluding hydrogens is 448 g/mol. The second-order valence-electron chi connectivity index (χ2n) is 9.44. The van der Waals surface area contributed by atoms with Crippen molar-refractivity contribution in [3.63, 3.8) is 0 Å². The molecule has 0 bridgehead atoms. The van der Waals surface area contributed by atoms with Crippen LogP contribution in [0.15, 0.2) is 47.0 Å². The van der Waals surface area contributed by atoms with E-state index >= 15 is 0 Å². The van der Waals surface area contributed by atoms with Gasteiger partial charge in [-0.05, 0) is 54.7 Å². The highest BCUT2D eigenvalue weighted by Gasteiger charge is 2.50. The molecule has 1 aromatic heterocycles. The van der Waals surface area contributed by atoms with Gasteiger partial charge in [-0.1, -0.05) is 31.1 Å². The zero-order chi connectivity index (χ0) is 24.7. The number of nitrogens with zero attached hydrogens (tertiary/aromatic N) is 2. The lowest BCUT2D eigenvalue weighted by atomic mass is 9.79. The van der Waals surface area contributed by atoms with Crippen molar-refractivity contribution in [2.75, 3.05) is 20.2 Å². The number of likely N-dealkylation sites (tertiary alicyclic amines) is 1. The second-order valence-corrected chi connectivity index (χ2v) is 9.44. The molecule has 2 aliphatic rings. The Morgan fingerprint density at radius 1 is 1.14 bits per heavy atom. The first-order valence-electron chi connectivity index (χ1n) is 11.8. The summed E-state index contributed by atoms with van der Waals surface area (Å²) < 4.78 is 10.8. The highest BCUT2D eigenvalue weighted by Crippen LogP contribution is 2.35. The fourth-order valence-corrected chi connectivity index (χ4v) is 5.18. The van der Waals surface area contributed by atoms with Crippen molar-refractivity contribution in [3.05, 3.63) is 59.3 Å². The van der Waals surface area contributed by atoms with Crippen molar-refractivity contribution in [3.8, 4) is 5.75 Å². The predicted molar refractivity (Wildman–Crippen MR) is 128 cm³/mol. The van der Waals surface area contributed by atoms with Gasteiger partial charge in [0, 0.05) is 30.0 Å². The lowest BCUT2D eigenvalue weighted by Gasteiger charge is -2.32. The van der Waals surface area contributed by atoms with Gasteiger partial charge in [-0.3, -0.25) is 14.9 Å². The molecule has 35 heavy (non-hydrogen) atoms. The molecule has 0 radical (unpaired) electrons. The maximum atomic E-state index is 13.2. The third kappa shape index (κ3) is 3.80. The molecule has 9 nitrogen and oxygen atoms in total. The fraction of sp³-hybridized carbons (Fsp3) is 0.385. The van der Waals surface area contributed by atoms with Crippen molar-refractivity contribution < 1.29 is 23.6 Å². The number of carbonyl (C=O) groups is 3. The van der Waals surface area contributed by atoms with E-state index in [4.69, 9.17) is 9.26 Å². The molecule has 3 heterocycles. The van der Waals surface area contributed by atoms with Crippen LogP contribution in [0.1, 0.15) is 54.2 Å². The average molecular weight is 477 g/mol. The number of methoxy groups -OCH3 is 1. The molecule has 2 aromatic carbocycles. The minimum Gasteiger partial charge on any atom is -0.497 e. The molecule has 2 aliphatic heterocycles. The van der Waals surface area contributed by atoms with Gasteiger partial charge in [0.1, 0.15) is 11.3 Å². The van der Waals surface area contributed by atoms with Gasteiger partial charge in [0.2, 0.25) is 0 Å². The van der Waals surface area contributed by atoms with Crippen LogP contribution in [0.2, 0.25) is 0 Å². The molecule has 9 heteroatoms. The van der Waals surface area contributed by atoms with Gasteiger partial charge in [0.15, 0.2) is 5.58 Å². The van der Waals surface area contributed by atoms with Crippen LogP contribution in [0, 0.1) is 5.92 Å². The van der Waals surface area contributed by atoms with Gasteiger partial charge >= 0.3 is 6.03 Å². The van der Waals surface area contributed by atoms with E-state index in [-0.39, 0.29) is 23.7 Å². The van der Waals surface area contributed by atoms with Crippen molar-refractivity contribution in [1.29, 1.82) is 0 Å². The maximum absolute atomic E-state index is 13.2. The molecule has 0 aliphatic carbocycles. The molecule has 0 saturated carbocycles. The van der Waals surface area contributed by atoms with Crippen molar-refractivity contribution >= 4 is 28.8 Å². The Balaban J connectivity index is 1.29. The Labute approximate surface area is 202 Å². The number of aromatic nitrogens is 1. The molecule has 0 spiro atoms. The van der Waals surface area contributed by atoms with E-state index < -0.39 is 11.6 Å². The molecule has 5 rings (SSSR count). The van der Waals surface area contributed by atoms with Crippen LogP contribution >= 0.6 is 0 Å². The Morgan fingerprint density at radius 2 is 1.86 bits per heavy atom. The summed E-state index contributed by atoms with van der Waals surface area (Å²) in [5.74, 6) is 0.357. The number of rotatable bonds is 5. The standard InChI is InChI=1S/C26H28N4O5/c1-15(2)26(24(32)27-25(33)28-26)18-6-4-17(5-7-18)23(31)30-12-10-16(11-13-30)22-20-14-19(34-3)8-9-21(20)35-29-22/h4-9,14-16H,10-13H2,1-3H3,(H2,27,28,32,33). The third-order valence-corrected chi connectivity index (χ3v) is 7.22. The first kappa shape index (κ1) is 22.9. The molecule has 2 saturated heterocycles. The van der Waals surface area contributed by atoms with Gasteiger partial charge < -0.3 is 19.5 Å². The second kappa shape index (κ2) is 8.72. The first-order valence-corrected chi connectivity index (χ1v) is 11.8. The Hall–Kier alpha value is -3.88. The van der Waals surface area contributed by atoms with Crippen molar-refractivity contribution in [1.82, 2.24) is 20.7 Å². The smallest absolute Gasteiger partial charge is 0.322 e. The number of fused-ring (bicyclic) bond motifs is 1. The van der Waals surface area contributed by atoms with Crippen LogP contribution in [-0.2, 0) is 10.3 Å². The molecule has 1 unspecified atom stereocenters. The van der Waals surface area contributed by atoms with Gasteiger partial charge in [0.05, 0.1) is 12.8 Å². The Bertz CT molecular complexity index is 1290. The minimum atomic E-state index is -1.14. The summed E-state index contributed by atoms with van der Waals surface area (Å²) in [5.41, 5.74) is 1.70. The minimum absolute atomic E-state index is 0.0554. The van der Waals surface area contributed by atoms with Crippen molar-refractivity contribution in [2.24, 2.45) is 5.92 Å². The lowest BCUT2D eigenvalue weighted by molar-refractivity contribution is -0.125. The molecular formula is C26H28N4O5. The number of benzene rings is 2. The number of amides is 4. The maximum Gasteiger partial charge on any atom is 0.322 e. The number of hydrogen-bond donors (Lipinski definition) is 2. The van der Waals surface area contributed by atoms with E-state index in [9.17, 15) is 14.4 Å². The number of carbonyl (C=O) groups excluding carboxylic acids is 3. The van der Waals surface area contributed by atoms with Crippen LogP contribution in [0.25, 0.3) is 11.0 Å². The summed E-state index contributed by atoms with van der Waals surface area (Å²) in [6.07, 6.45) is 1.57. The number of piperidine rings is 1. The van der Waals surface area contributed by atoms with E-state index in [0.717, 1.165) is 35.3 Å². The van der Waals surface area contributed by atoms with Crippen LogP contribution in [-0.4, -0.2) is 48.1 Å². The zero-order valence-corrected chi connectivity index (χ0v) is 20.0. The summed E-state index contributed by atoms with van der Waals surface area (Å²) in [6.45, 7) is 4.97. The molecule has 2 fully saturated rings. The molecule has 3 aromatic rings. The first-order chi connectivity index (χ1) is 16.8. The average Bonchev–Trinajstić information content (AvgIpc) is 3.43. The number of hydrogen-bond acceptors (Lipinski definition) is 6. The molecule has 4 amide bonds. The molecule has 2 N–H and O–H groups in total. The Morgan fingerprint density at radius 3 is 2.46 bits per heavy atom. The third-order valence-electron chi connectivity index (χ3n) is 7.22. The topological polar surface area (TPSA) is 114 Å². The van der Waals surface area contributed by atoms with E-state index in [1.807, 2.05) is 36.9 Å². The number of urea groups is 1. The van der Waals surface area contributed by atoms with Crippen LogP contribution in [0.3, 0.4) is 0 Å². The Kier molecular flexibility index (Phi) is 5.70. The summed E-state index contributed by atoms with van der Waals surface area (Å²) in [5, 5.41) is 10.3. The highest BCUT2D eigenvalue weighted by molar-refractivity contribution is 6.07. The van der Waals surface area contributed by atoms with Gasteiger partial charge in [-0.25, -0.2) is 4.79 Å².